The molecule has 5 heteroatoms. The number of carbonyl (C=O) groups is 1. The molecule has 1 saturated carbocycles. The number of nitrogens with one attached hydrogen (secondary N) is 1. The minimum absolute atomic E-state index is 0.0179. The number of hydrogen-bond donors (Lipinski definition) is 1. The molecule has 0 aromatic carbocycles. The second-order valence-electron chi connectivity index (χ2n) is 6.31. The van der Waals surface area contributed by atoms with E-state index in [9.17, 15) is 4.79 Å². The first-order valence-electron chi connectivity index (χ1n) is 8.60. The lowest BCUT2D eigenvalue weighted by Gasteiger charge is -2.21. The minimum atomic E-state index is 0.0179. The highest BCUT2D eigenvalue weighted by molar-refractivity contribution is 7.12. The summed E-state index contributed by atoms with van der Waals surface area (Å²) in [5.41, 5.74) is 1.25. The molecule has 0 unspecified atom stereocenters. The van der Waals surface area contributed by atoms with Crippen LogP contribution in [0.15, 0.2) is 23.7 Å². The molecule has 1 amide bonds. The zero-order valence-corrected chi connectivity index (χ0v) is 14.6. The lowest BCUT2D eigenvalue weighted by atomic mass is 10.1. The van der Waals surface area contributed by atoms with Crippen molar-refractivity contribution < 1.29 is 4.79 Å². The molecule has 3 rings (SSSR count). The number of aryl methyl sites for hydroxylation is 1. The largest absolute Gasteiger partial charge is 0.351 e. The molecule has 0 bridgehead atoms. The Morgan fingerprint density at radius 1 is 1.35 bits per heavy atom. The zero-order chi connectivity index (χ0) is 16.1. The van der Waals surface area contributed by atoms with Gasteiger partial charge in [0.05, 0.1) is 4.88 Å². The Labute approximate surface area is 141 Å². The predicted octanol–water partition coefficient (Wildman–Crippen LogP) is 4.12. The van der Waals surface area contributed by atoms with Crippen LogP contribution in [0.25, 0.3) is 0 Å². The van der Waals surface area contributed by atoms with E-state index in [1.807, 2.05) is 23.7 Å². The van der Waals surface area contributed by atoms with Gasteiger partial charge in [-0.05, 0) is 31.2 Å². The number of imidazole rings is 1. The minimum Gasteiger partial charge on any atom is -0.351 e. The molecule has 23 heavy (non-hydrogen) atoms. The first-order valence-corrected chi connectivity index (χ1v) is 9.48. The maximum Gasteiger partial charge on any atom is 0.261 e. The first kappa shape index (κ1) is 16.2. The van der Waals surface area contributed by atoms with Crippen molar-refractivity contribution in [3.05, 3.63) is 40.1 Å². The van der Waals surface area contributed by atoms with Gasteiger partial charge in [-0.3, -0.25) is 4.79 Å². The average Bonchev–Trinajstić information content (AvgIpc) is 3.12. The summed E-state index contributed by atoms with van der Waals surface area (Å²) >= 11 is 1.48. The molecule has 0 atom stereocenters. The summed E-state index contributed by atoms with van der Waals surface area (Å²) in [4.78, 5) is 17.4. The highest BCUT2D eigenvalue weighted by atomic mass is 32.1. The summed E-state index contributed by atoms with van der Waals surface area (Å²) in [6.07, 6.45) is 10.6. The van der Waals surface area contributed by atoms with E-state index < -0.39 is 0 Å². The van der Waals surface area contributed by atoms with E-state index in [1.165, 1.54) is 55.6 Å². The average molecular weight is 331 g/mol. The van der Waals surface area contributed by atoms with Gasteiger partial charge in [0.1, 0.15) is 5.82 Å². The van der Waals surface area contributed by atoms with Crippen molar-refractivity contribution in [1.29, 1.82) is 0 Å². The monoisotopic (exact) mass is 331 g/mol. The van der Waals surface area contributed by atoms with Crippen LogP contribution in [0.4, 0.5) is 0 Å². The van der Waals surface area contributed by atoms with Crippen LogP contribution in [0.1, 0.15) is 65.8 Å². The Hall–Kier alpha value is -1.62. The molecule has 4 nitrogen and oxygen atoms in total. The summed E-state index contributed by atoms with van der Waals surface area (Å²) in [6.45, 7) is 2.78. The number of thiophene rings is 1. The summed E-state index contributed by atoms with van der Waals surface area (Å²) in [5.74, 6) is 1.13. The summed E-state index contributed by atoms with van der Waals surface area (Å²) in [6, 6.07) is 4.35. The zero-order valence-electron chi connectivity index (χ0n) is 13.8. The molecular weight excluding hydrogens is 306 g/mol. The molecule has 1 aliphatic carbocycles. The van der Waals surface area contributed by atoms with Gasteiger partial charge in [0.2, 0.25) is 0 Å². The third kappa shape index (κ3) is 4.02. The lowest BCUT2D eigenvalue weighted by molar-refractivity contribution is 0.0958. The standard InChI is InChI=1S/C18H25N3OS/c1-14-13-20-17(21(14)15-7-4-2-3-5-8-15)10-11-19-18(22)16-9-6-12-23-16/h6,9,12-13,15H,2-5,7-8,10-11H2,1H3,(H,19,22). The van der Waals surface area contributed by atoms with Gasteiger partial charge in [0.25, 0.3) is 5.91 Å². The number of rotatable bonds is 5. The molecule has 124 valence electrons. The van der Waals surface area contributed by atoms with Gasteiger partial charge in [-0.2, -0.15) is 0 Å². The number of amides is 1. The van der Waals surface area contributed by atoms with Gasteiger partial charge < -0.3 is 9.88 Å². The fourth-order valence-electron chi connectivity index (χ4n) is 3.48. The first-order chi connectivity index (χ1) is 11.3. The Bertz CT molecular complexity index is 625. The van der Waals surface area contributed by atoms with Crippen LogP contribution < -0.4 is 5.32 Å². The Morgan fingerprint density at radius 3 is 2.83 bits per heavy atom. The maximum atomic E-state index is 12.0. The van der Waals surface area contributed by atoms with Crippen molar-refractivity contribution in [1.82, 2.24) is 14.9 Å². The van der Waals surface area contributed by atoms with Gasteiger partial charge in [0, 0.05) is 30.9 Å². The molecule has 2 aromatic heterocycles. The molecule has 1 fully saturated rings. The SMILES string of the molecule is Cc1cnc(CCNC(=O)c2cccs2)n1C1CCCCCC1. The Balaban J connectivity index is 1.61. The van der Waals surface area contributed by atoms with Crippen molar-refractivity contribution in [2.45, 2.75) is 57.9 Å². The van der Waals surface area contributed by atoms with E-state index in [1.54, 1.807) is 0 Å². The van der Waals surface area contributed by atoms with Gasteiger partial charge in [0.15, 0.2) is 0 Å². The molecule has 0 spiro atoms. The van der Waals surface area contributed by atoms with Crippen LogP contribution in [0, 0.1) is 6.92 Å². The van der Waals surface area contributed by atoms with Gasteiger partial charge >= 0.3 is 0 Å². The smallest absolute Gasteiger partial charge is 0.261 e. The highest BCUT2D eigenvalue weighted by Gasteiger charge is 2.19. The van der Waals surface area contributed by atoms with E-state index in [0.717, 1.165) is 17.1 Å². The molecule has 0 radical (unpaired) electrons. The lowest BCUT2D eigenvalue weighted by Crippen LogP contribution is -2.26. The topological polar surface area (TPSA) is 46.9 Å². The fraction of sp³-hybridized carbons (Fsp3) is 0.556. The van der Waals surface area contributed by atoms with E-state index in [4.69, 9.17) is 0 Å². The third-order valence-electron chi connectivity index (χ3n) is 4.63. The number of carbonyl (C=O) groups excluding carboxylic acids is 1. The van der Waals surface area contributed by atoms with Crippen LogP contribution in [0.5, 0.6) is 0 Å². The number of hydrogen-bond acceptors (Lipinski definition) is 3. The highest BCUT2D eigenvalue weighted by Crippen LogP contribution is 2.29. The quantitative estimate of drug-likeness (QED) is 0.838. The Morgan fingerprint density at radius 2 is 2.13 bits per heavy atom. The fourth-order valence-corrected chi connectivity index (χ4v) is 4.12. The summed E-state index contributed by atoms with van der Waals surface area (Å²) in [5, 5.41) is 4.93. The van der Waals surface area contributed by atoms with Gasteiger partial charge in [-0.1, -0.05) is 31.7 Å². The number of nitrogens with zero attached hydrogens (tertiary/aromatic N) is 2. The molecule has 0 saturated heterocycles. The van der Waals surface area contributed by atoms with Crippen molar-refractivity contribution in [2.24, 2.45) is 0 Å². The van der Waals surface area contributed by atoms with Crippen LogP contribution in [-0.2, 0) is 6.42 Å². The molecule has 0 aliphatic heterocycles. The third-order valence-corrected chi connectivity index (χ3v) is 5.50. The normalized spacial score (nSPS) is 16.2. The van der Waals surface area contributed by atoms with Crippen molar-refractivity contribution >= 4 is 17.2 Å². The van der Waals surface area contributed by atoms with E-state index in [-0.39, 0.29) is 5.91 Å². The second-order valence-corrected chi connectivity index (χ2v) is 7.26. The van der Waals surface area contributed by atoms with Crippen LogP contribution in [0.2, 0.25) is 0 Å². The summed E-state index contributed by atoms with van der Waals surface area (Å²) in [7, 11) is 0. The van der Waals surface area contributed by atoms with E-state index in [0.29, 0.717) is 12.6 Å². The number of aromatic nitrogens is 2. The maximum absolute atomic E-state index is 12.0. The molecule has 2 aromatic rings. The van der Waals surface area contributed by atoms with E-state index >= 15 is 0 Å². The van der Waals surface area contributed by atoms with Crippen molar-refractivity contribution in [3.63, 3.8) is 0 Å². The second kappa shape index (κ2) is 7.77. The van der Waals surface area contributed by atoms with Crippen molar-refractivity contribution in [2.75, 3.05) is 6.54 Å². The Kier molecular flexibility index (Phi) is 5.49. The summed E-state index contributed by atoms with van der Waals surface area (Å²) < 4.78 is 2.42. The van der Waals surface area contributed by atoms with Gasteiger partial charge in [-0.15, -0.1) is 11.3 Å². The van der Waals surface area contributed by atoms with Crippen LogP contribution in [0.3, 0.4) is 0 Å². The molecular formula is C18H25N3OS. The van der Waals surface area contributed by atoms with Gasteiger partial charge in [-0.25, -0.2) is 4.98 Å². The van der Waals surface area contributed by atoms with Crippen LogP contribution >= 0.6 is 11.3 Å². The molecule has 2 heterocycles. The predicted molar refractivity (Wildman–Crippen MR) is 94.1 cm³/mol. The van der Waals surface area contributed by atoms with E-state index in [2.05, 4.69) is 21.8 Å². The van der Waals surface area contributed by atoms with Crippen molar-refractivity contribution in [3.8, 4) is 0 Å². The molecule has 1 aliphatic rings. The molecule has 1 N–H and O–H groups in total. The van der Waals surface area contributed by atoms with Crippen LogP contribution in [-0.4, -0.2) is 22.0 Å².